The Morgan fingerprint density at radius 2 is 1.78 bits per heavy atom. The van der Waals surface area contributed by atoms with Crippen LogP contribution in [0.2, 0.25) is 0 Å². The van der Waals surface area contributed by atoms with E-state index in [4.69, 9.17) is 0 Å². The Kier molecular flexibility index (Phi) is 3.71. The molecule has 1 saturated carbocycles. The number of carboxylic acid groups (broad SMARTS) is 1. The van der Waals surface area contributed by atoms with Gasteiger partial charge in [0, 0.05) is 4.90 Å². The number of rotatable bonds is 5. The number of thioether (sulfide) groups is 1. The van der Waals surface area contributed by atoms with Crippen LogP contribution in [0, 0.1) is 5.41 Å². The summed E-state index contributed by atoms with van der Waals surface area (Å²) in [4.78, 5) is 12.7. The van der Waals surface area contributed by atoms with Crippen LogP contribution in [0.15, 0.2) is 35.2 Å². The zero-order valence-corrected chi connectivity index (χ0v) is 11.8. The van der Waals surface area contributed by atoms with Crippen LogP contribution in [0.25, 0.3) is 0 Å². The topological polar surface area (TPSA) is 37.3 Å². The van der Waals surface area contributed by atoms with Crippen LogP contribution in [0.4, 0.5) is 0 Å². The number of carboxylic acids is 1. The molecule has 0 saturated heterocycles. The molecule has 1 aliphatic carbocycles. The number of benzene rings is 1. The van der Waals surface area contributed by atoms with Gasteiger partial charge in [-0.05, 0) is 30.4 Å². The molecule has 0 amide bonds. The average molecular weight is 264 g/mol. The second-order valence-corrected chi connectivity index (χ2v) is 6.73. The molecule has 18 heavy (non-hydrogen) atoms. The minimum absolute atomic E-state index is 0.250. The summed E-state index contributed by atoms with van der Waals surface area (Å²) < 4.78 is -0.604. The van der Waals surface area contributed by atoms with Crippen molar-refractivity contribution < 1.29 is 9.90 Å². The van der Waals surface area contributed by atoms with Crippen molar-refractivity contribution >= 4 is 17.7 Å². The van der Waals surface area contributed by atoms with Gasteiger partial charge < -0.3 is 5.11 Å². The Hall–Kier alpha value is -0.960. The van der Waals surface area contributed by atoms with E-state index in [2.05, 4.69) is 13.8 Å². The normalized spacial score (nSPS) is 20.1. The van der Waals surface area contributed by atoms with E-state index in [1.54, 1.807) is 0 Å². The van der Waals surface area contributed by atoms with Gasteiger partial charge in [0.1, 0.15) is 4.75 Å². The lowest BCUT2D eigenvalue weighted by Gasteiger charge is -2.53. The third-order valence-corrected chi connectivity index (χ3v) is 5.63. The first kappa shape index (κ1) is 13.5. The predicted octanol–water partition coefficient (Wildman–Crippen LogP) is 4.20. The van der Waals surface area contributed by atoms with Crippen LogP contribution in [0.5, 0.6) is 0 Å². The van der Waals surface area contributed by atoms with Crippen molar-refractivity contribution in [2.75, 3.05) is 0 Å². The van der Waals surface area contributed by atoms with Crippen LogP contribution in [0.3, 0.4) is 0 Å². The maximum Gasteiger partial charge on any atom is 0.320 e. The van der Waals surface area contributed by atoms with Gasteiger partial charge in [-0.25, -0.2) is 0 Å². The SMILES string of the molecule is CCC1(CC)CC(Sc2ccccc2)(C(=O)O)C1. The smallest absolute Gasteiger partial charge is 0.320 e. The Balaban J connectivity index is 2.15. The summed E-state index contributed by atoms with van der Waals surface area (Å²) in [6, 6.07) is 9.87. The van der Waals surface area contributed by atoms with Crippen molar-refractivity contribution in [2.24, 2.45) is 5.41 Å². The van der Waals surface area contributed by atoms with Crippen LogP contribution in [0.1, 0.15) is 39.5 Å². The lowest BCUT2D eigenvalue weighted by atomic mass is 9.58. The number of hydrogen-bond acceptors (Lipinski definition) is 2. The van der Waals surface area contributed by atoms with Crippen molar-refractivity contribution in [3.8, 4) is 0 Å². The first-order valence-electron chi connectivity index (χ1n) is 6.53. The molecule has 0 bridgehead atoms. The Bertz CT molecular complexity index is 415. The maximum absolute atomic E-state index is 11.6. The lowest BCUT2D eigenvalue weighted by Crippen LogP contribution is -2.54. The number of hydrogen-bond donors (Lipinski definition) is 1. The summed E-state index contributed by atoms with van der Waals surface area (Å²) in [5, 5.41) is 9.55. The predicted molar refractivity (Wildman–Crippen MR) is 74.9 cm³/mol. The summed E-state index contributed by atoms with van der Waals surface area (Å²) in [6.07, 6.45) is 3.74. The fourth-order valence-electron chi connectivity index (χ4n) is 2.89. The van der Waals surface area contributed by atoms with Gasteiger partial charge in [0.25, 0.3) is 0 Å². The lowest BCUT2D eigenvalue weighted by molar-refractivity contribution is -0.147. The molecule has 0 unspecified atom stereocenters. The highest BCUT2D eigenvalue weighted by atomic mass is 32.2. The molecule has 0 heterocycles. The van der Waals surface area contributed by atoms with Gasteiger partial charge in [-0.2, -0.15) is 0 Å². The maximum atomic E-state index is 11.6. The molecule has 0 spiro atoms. The summed E-state index contributed by atoms with van der Waals surface area (Å²) >= 11 is 1.52. The monoisotopic (exact) mass is 264 g/mol. The Morgan fingerprint density at radius 1 is 1.22 bits per heavy atom. The van der Waals surface area contributed by atoms with E-state index in [1.165, 1.54) is 11.8 Å². The first-order valence-corrected chi connectivity index (χ1v) is 7.35. The minimum atomic E-state index is -0.658. The minimum Gasteiger partial charge on any atom is -0.480 e. The van der Waals surface area contributed by atoms with Gasteiger partial charge >= 0.3 is 5.97 Å². The van der Waals surface area contributed by atoms with Crippen LogP contribution < -0.4 is 0 Å². The molecule has 3 heteroatoms. The second-order valence-electron chi connectivity index (χ2n) is 5.28. The van der Waals surface area contributed by atoms with Crippen molar-refractivity contribution in [3.05, 3.63) is 30.3 Å². The molecule has 1 aromatic rings. The summed E-state index contributed by atoms with van der Waals surface area (Å²) in [5.74, 6) is -0.658. The molecule has 1 aromatic carbocycles. The van der Waals surface area contributed by atoms with Crippen LogP contribution >= 0.6 is 11.8 Å². The molecule has 2 nitrogen and oxygen atoms in total. The number of aliphatic carboxylic acids is 1. The van der Waals surface area contributed by atoms with Gasteiger partial charge in [-0.3, -0.25) is 4.79 Å². The van der Waals surface area contributed by atoms with Gasteiger partial charge in [0.15, 0.2) is 0 Å². The summed E-state index contributed by atoms with van der Waals surface area (Å²) in [5.41, 5.74) is 0.250. The molecule has 0 radical (unpaired) electrons. The zero-order valence-electron chi connectivity index (χ0n) is 11.0. The van der Waals surface area contributed by atoms with E-state index in [9.17, 15) is 9.90 Å². The Morgan fingerprint density at radius 3 is 2.22 bits per heavy atom. The van der Waals surface area contributed by atoms with E-state index in [0.29, 0.717) is 0 Å². The van der Waals surface area contributed by atoms with E-state index < -0.39 is 10.7 Å². The standard InChI is InChI=1S/C15H20O2S/c1-3-14(4-2)10-15(11-14,13(16)17)18-12-8-6-5-7-9-12/h5-9H,3-4,10-11H2,1-2H3,(H,16,17). The molecule has 0 aromatic heterocycles. The van der Waals surface area contributed by atoms with Crippen molar-refractivity contribution in [2.45, 2.75) is 49.2 Å². The second kappa shape index (κ2) is 4.96. The molecule has 0 aliphatic heterocycles. The quantitative estimate of drug-likeness (QED) is 0.866. The fraction of sp³-hybridized carbons (Fsp3) is 0.533. The zero-order chi connectivity index (χ0) is 13.2. The average Bonchev–Trinajstić information content (AvgIpc) is 2.34. The van der Waals surface area contributed by atoms with Crippen LogP contribution in [-0.2, 0) is 4.79 Å². The van der Waals surface area contributed by atoms with E-state index >= 15 is 0 Å². The first-order chi connectivity index (χ1) is 8.56. The summed E-state index contributed by atoms with van der Waals surface area (Å²) in [6.45, 7) is 4.34. The molecule has 1 fully saturated rings. The van der Waals surface area contributed by atoms with Gasteiger partial charge in [-0.15, -0.1) is 11.8 Å². The van der Waals surface area contributed by atoms with E-state index in [1.807, 2.05) is 30.3 Å². The number of carbonyl (C=O) groups is 1. The summed E-state index contributed by atoms with van der Waals surface area (Å²) in [7, 11) is 0. The van der Waals surface area contributed by atoms with E-state index in [0.717, 1.165) is 30.6 Å². The molecule has 1 N–H and O–H groups in total. The Labute approximate surface area is 113 Å². The van der Waals surface area contributed by atoms with Gasteiger partial charge in [0.2, 0.25) is 0 Å². The van der Waals surface area contributed by atoms with Crippen molar-refractivity contribution in [1.82, 2.24) is 0 Å². The highest BCUT2D eigenvalue weighted by molar-refractivity contribution is 8.01. The molecule has 1 aliphatic rings. The third-order valence-electron chi connectivity index (χ3n) is 4.27. The van der Waals surface area contributed by atoms with Gasteiger partial charge in [-0.1, -0.05) is 44.9 Å². The van der Waals surface area contributed by atoms with Crippen LogP contribution in [-0.4, -0.2) is 15.8 Å². The fourth-order valence-corrected chi connectivity index (χ4v) is 4.48. The molecular weight excluding hydrogens is 244 g/mol. The molecule has 2 rings (SSSR count). The molecular formula is C15H20O2S. The van der Waals surface area contributed by atoms with Crippen molar-refractivity contribution in [3.63, 3.8) is 0 Å². The molecule has 98 valence electrons. The largest absolute Gasteiger partial charge is 0.480 e. The third kappa shape index (κ3) is 2.28. The highest BCUT2D eigenvalue weighted by Crippen LogP contribution is 2.60. The van der Waals surface area contributed by atoms with Crippen molar-refractivity contribution in [1.29, 1.82) is 0 Å². The van der Waals surface area contributed by atoms with Gasteiger partial charge in [0.05, 0.1) is 0 Å². The molecule has 0 atom stereocenters. The highest BCUT2D eigenvalue weighted by Gasteiger charge is 2.57. The van der Waals surface area contributed by atoms with E-state index in [-0.39, 0.29) is 5.41 Å².